The summed E-state index contributed by atoms with van der Waals surface area (Å²) in [6, 6.07) is 5.70. The van der Waals surface area contributed by atoms with Crippen LogP contribution in [-0.2, 0) is 9.53 Å². The maximum atomic E-state index is 11.9. The number of amides is 1. The highest BCUT2D eigenvalue weighted by atomic mass is 35.5. The van der Waals surface area contributed by atoms with Crippen LogP contribution in [0.25, 0.3) is 0 Å². The minimum absolute atomic E-state index is 0. The van der Waals surface area contributed by atoms with Crippen LogP contribution in [0.5, 0.6) is 5.75 Å². The Labute approximate surface area is 122 Å². The minimum Gasteiger partial charge on any atom is -0.435 e. The van der Waals surface area contributed by atoms with Gasteiger partial charge >= 0.3 is 6.61 Å². The topological polar surface area (TPSA) is 59.6 Å². The molecule has 0 radical (unpaired) electrons. The van der Waals surface area contributed by atoms with Crippen LogP contribution in [0, 0.1) is 0 Å². The van der Waals surface area contributed by atoms with Crippen LogP contribution in [-0.4, -0.2) is 39.3 Å². The first-order chi connectivity index (χ1) is 9.11. The van der Waals surface area contributed by atoms with E-state index in [1.165, 1.54) is 24.3 Å². The largest absolute Gasteiger partial charge is 0.435 e. The number of nitrogens with one attached hydrogen (secondary N) is 2. The van der Waals surface area contributed by atoms with Crippen LogP contribution in [0.4, 0.5) is 14.5 Å². The maximum Gasteiger partial charge on any atom is 0.387 e. The van der Waals surface area contributed by atoms with Crippen LogP contribution >= 0.6 is 12.4 Å². The molecule has 1 rings (SSSR count). The predicted octanol–water partition coefficient (Wildman–Crippen LogP) is 1.88. The van der Waals surface area contributed by atoms with E-state index < -0.39 is 6.61 Å². The second kappa shape index (κ2) is 10.4. The van der Waals surface area contributed by atoms with Gasteiger partial charge in [0.25, 0.3) is 0 Å². The van der Waals surface area contributed by atoms with E-state index >= 15 is 0 Å². The van der Waals surface area contributed by atoms with Crippen molar-refractivity contribution >= 4 is 24.0 Å². The molecule has 0 aliphatic heterocycles. The molecule has 0 unspecified atom stereocenters. The van der Waals surface area contributed by atoms with E-state index in [1.807, 2.05) is 0 Å². The molecule has 114 valence electrons. The minimum atomic E-state index is -2.86. The standard InChI is InChI=1S/C12H16F2N2O3.ClH/c1-18-7-6-15-8-11(17)16-9-2-4-10(5-3-9)19-12(13)14;/h2-5,12,15H,6-8H2,1H3,(H,16,17);1H. The molecule has 2 N–H and O–H groups in total. The lowest BCUT2D eigenvalue weighted by Gasteiger charge is -2.08. The molecule has 0 bridgehead atoms. The first kappa shape index (κ1) is 18.6. The number of ether oxygens (including phenoxy) is 2. The SMILES string of the molecule is COCCNCC(=O)Nc1ccc(OC(F)F)cc1.Cl. The van der Waals surface area contributed by atoms with Crippen molar-refractivity contribution in [1.29, 1.82) is 0 Å². The van der Waals surface area contributed by atoms with E-state index in [0.29, 0.717) is 18.8 Å². The highest BCUT2D eigenvalue weighted by molar-refractivity contribution is 5.92. The monoisotopic (exact) mass is 310 g/mol. The van der Waals surface area contributed by atoms with Crippen LogP contribution in [0.2, 0.25) is 0 Å². The Bertz CT molecular complexity index is 391. The Balaban J connectivity index is 0.00000361. The second-order valence-electron chi connectivity index (χ2n) is 3.62. The lowest BCUT2D eigenvalue weighted by atomic mass is 10.3. The van der Waals surface area contributed by atoms with Gasteiger partial charge in [0.2, 0.25) is 5.91 Å². The van der Waals surface area contributed by atoms with Gasteiger partial charge in [-0.15, -0.1) is 12.4 Å². The zero-order valence-corrected chi connectivity index (χ0v) is 11.7. The first-order valence-corrected chi connectivity index (χ1v) is 5.66. The molecule has 8 heteroatoms. The molecule has 0 saturated heterocycles. The van der Waals surface area contributed by atoms with Crippen LogP contribution in [0.1, 0.15) is 0 Å². The molecule has 20 heavy (non-hydrogen) atoms. The molecule has 0 fully saturated rings. The van der Waals surface area contributed by atoms with Crippen molar-refractivity contribution < 1.29 is 23.0 Å². The van der Waals surface area contributed by atoms with Crippen LogP contribution in [0.15, 0.2) is 24.3 Å². The summed E-state index contributed by atoms with van der Waals surface area (Å²) < 4.78 is 32.9. The molecule has 0 heterocycles. The summed E-state index contributed by atoms with van der Waals surface area (Å²) in [6.07, 6.45) is 0. The van der Waals surface area contributed by atoms with Gasteiger partial charge in [-0.1, -0.05) is 0 Å². The van der Waals surface area contributed by atoms with Crippen molar-refractivity contribution in [1.82, 2.24) is 5.32 Å². The second-order valence-corrected chi connectivity index (χ2v) is 3.62. The number of carbonyl (C=O) groups is 1. The quantitative estimate of drug-likeness (QED) is 0.720. The normalized spacial score (nSPS) is 10.0. The van der Waals surface area contributed by atoms with E-state index in [1.54, 1.807) is 7.11 Å². The fraction of sp³-hybridized carbons (Fsp3) is 0.417. The van der Waals surface area contributed by atoms with Crippen LogP contribution < -0.4 is 15.4 Å². The van der Waals surface area contributed by atoms with Gasteiger partial charge in [-0.25, -0.2) is 0 Å². The van der Waals surface area contributed by atoms with Crippen molar-refractivity contribution in [2.24, 2.45) is 0 Å². The zero-order chi connectivity index (χ0) is 14.1. The Kier molecular flexibility index (Phi) is 9.61. The molecule has 0 spiro atoms. The molecule has 5 nitrogen and oxygen atoms in total. The van der Waals surface area contributed by atoms with Crippen molar-refractivity contribution in [2.75, 3.05) is 32.1 Å². The van der Waals surface area contributed by atoms with E-state index in [4.69, 9.17) is 4.74 Å². The van der Waals surface area contributed by atoms with Gasteiger partial charge in [-0.05, 0) is 24.3 Å². The molecule has 1 amide bonds. The number of rotatable bonds is 8. The molecular formula is C12H17ClF2N2O3. The number of anilines is 1. The zero-order valence-electron chi connectivity index (χ0n) is 10.9. The summed E-state index contributed by atoms with van der Waals surface area (Å²) in [6.45, 7) is -1.61. The highest BCUT2D eigenvalue weighted by Gasteiger charge is 2.05. The van der Waals surface area contributed by atoms with Gasteiger partial charge in [0, 0.05) is 19.3 Å². The number of methoxy groups -OCH3 is 1. The average Bonchev–Trinajstić information content (AvgIpc) is 2.36. The fourth-order valence-corrected chi connectivity index (χ4v) is 1.30. The number of carbonyl (C=O) groups excluding carboxylic acids is 1. The number of benzene rings is 1. The molecular weight excluding hydrogens is 294 g/mol. The maximum absolute atomic E-state index is 11.9. The van der Waals surface area contributed by atoms with Crippen molar-refractivity contribution in [3.8, 4) is 5.75 Å². The smallest absolute Gasteiger partial charge is 0.387 e. The third-order valence-corrected chi connectivity index (χ3v) is 2.13. The van der Waals surface area contributed by atoms with Crippen molar-refractivity contribution in [3.05, 3.63) is 24.3 Å². The predicted molar refractivity (Wildman–Crippen MR) is 73.7 cm³/mol. The molecule has 1 aromatic carbocycles. The summed E-state index contributed by atoms with van der Waals surface area (Å²) in [5, 5.41) is 5.50. The Morgan fingerprint density at radius 2 is 1.95 bits per heavy atom. The van der Waals surface area contributed by atoms with Crippen molar-refractivity contribution in [3.63, 3.8) is 0 Å². The molecule has 0 saturated carbocycles. The lowest BCUT2D eigenvalue weighted by molar-refractivity contribution is -0.115. The summed E-state index contributed by atoms with van der Waals surface area (Å²) in [7, 11) is 1.57. The third-order valence-electron chi connectivity index (χ3n) is 2.13. The Hall–Kier alpha value is -1.44. The molecule has 1 aromatic rings. The van der Waals surface area contributed by atoms with Gasteiger partial charge in [-0.2, -0.15) is 8.78 Å². The van der Waals surface area contributed by atoms with Crippen LogP contribution in [0.3, 0.4) is 0 Å². The Morgan fingerprint density at radius 3 is 2.50 bits per heavy atom. The van der Waals surface area contributed by atoms with Gasteiger partial charge in [0.05, 0.1) is 13.2 Å². The number of hydrogen-bond donors (Lipinski definition) is 2. The molecule has 0 aromatic heterocycles. The summed E-state index contributed by atoms with van der Waals surface area (Å²) in [4.78, 5) is 11.5. The number of hydrogen-bond acceptors (Lipinski definition) is 4. The van der Waals surface area contributed by atoms with E-state index in [9.17, 15) is 13.6 Å². The third kappa shape index (κ3) is 7.88. The summed E-state index contributed by atoms with van der Waals surface area (Å²) in [5.41, 5.74) is 0.514. The van der Waals surface area contributed by atoms with Crippen molar-refractivity contribution in [2.45, 2.75) is 6.61 Å². The average molecular weight is 311 g/mol. The summed E-state index contributed by atoms with van der Waals surface area (Å²) in [5.74, 6) is -0.176. The van der Waals surface area contributed by atoms with Gasteiger partial charge in [-0.3, -0.25) is 4.79 Å². The summed E-state index contributed by atoms with van der Waals surface area (Å²) >= 11 is 0. The van der Waals surface area contributed by atoms with E-state index in [-0.39, 0.29) is 30.6 Å². The number of alkyl halides is 2. The van der Waals surface area contributed by atoms with E-state index in [2.05, 4.69) is 15.4 Å². The molecule has 0 aliphatic rings. The fourth-order valence-electron chi connectivity index (χ4n) is 1.30. The molecule has 0 atom stereocenters. The lowest BCUT2D eigenvalue weighted by Crippen LogP contribution is -2.30. The highest BCUT2D eigenvalue weighted by Crippen LogP contribution is 2.17. The Morgan fingerprint density at radius 1 is 1.30 bits per heavy atom. The van der Waals surface area contributed by atoms with Gasteiger partial charge in [0.1, 0.15) is 5.75 Å². The molecule has 0 aliphatic carbocycles. The van der Waals surface area contributed by atoms with Gasteiger partial charge < -0.3 is 20.1 Å². The first-order valence-electron chi connectivity index (χ1n) is 5.66. The number of halogens is 3. The van der Waals surface area contributed by atoms with E-state index in [0.717, 1.165) is 0 Å². The van der Waals surface area contributed by atoms with Gasteiger partial charge in [0.15, 0.2) is 0 Å².